The second-order valence-electron chi connectivity index (χ2n) is 6.12. The van der Waals surface area contributed by atoms with Gasteiger partial charge in [0.05, 0.1) is 6.61 Å². The third-order valence-electron chi connectivity index (χ3n) is 4.77. The van der Waals surface area contributed by atoms with Crippen LogP contribution in [0.3, 0.4) is 0 Å². The Bertz CT molecular complexity index is 333. The molecule has 0 aromatic carbocycles. The Morgan fingerprint density at radius 1 is 1.17 bits per heavy atom. The average Bonchev–Trinajstić information content (AvgIpc) is 3.00. The van der Waals surface area contributed by atoms with Crippen molar-refractivity contribution < 1.29 is 9.53 Å². The molecule has 0 radical (unpaired) electrons. The molecule has 3 unspecified atom stereocenters. The van der Waals surface area contributed by atoms with Crippen LogP contribution in [0.2, 0.25) is 0 Å². The summed E-state index contributed by atoms with van der Waals surface area (Å²) < 4.78 is 5.40. The first-order chi connectivity index (χ1) is 8.81. The number of nitrogens with one attached hydrogen (secondary N) is 1. The summed E-state index contributed by atoms with van der Waals surface area (Å²) in [4.78, 5) is 11.7. The number of fused-ring (bicyclic) bond motifs is 2. The Hall–Kier alpha value is -0.990. The number of hydrogen-bond donors (Lipinski definition) is 1. The maximum atomic E-state index is 11.7. The maximum Gasteiger partial charge on any atom is 0.407 e. The van der Waals surface area contributed by atoms with Crippen LogP contribution in [0.1, 0.15) is 44.9 Å². The summed E-state index contributed by atoms with van der Waals surface area (Å²) in [6, 6.07) is 0.353. The molecule has 3 rings (SSSR count). The monoisotopic (exact) mass is 249 g/mol. The molecule has 3 atom stereocenters. The lowest BCUT2D eigenvalue weighted by Crippen LogP contribution is -2.37. The van der Waals surface area contributed by atoms with Crippen LogP contribution in [0.5, 0.6) is 0 Å². The zero-order valence-electron chi connectivity index (χ0n) is 10.9. The molecule has 3 heteroatoms. The standard InChI is InChI=1S/C15H23NO2/c17-15(16-14-4-2-1-3-5-14)18-10-13-9-11-6-7-12(13)8-11/h6-7,11-14H,1-5,8-10H2,(H,16,17). The van der Waals surface area contributed by atoms with Gasteiger partial charge in [-0.3, -0.25) is 0 Å². The summed E-state index contributed by atoms with van der Waals surface area (Å²) in [6.45, 7) is 0.601. The summed E-state index contributed by atoms with van der Waals surface area (Å²) in [5.41, 5.74) is 0. The summed E-state index contributed by atoms with van der Waals surface area (Å²) in [7, 11) is 0. The van der Waals surface area contributed by atoms with Crippen molar-refractivity contribution in [1.29, 1.82) is 0 Å². The van der Waals surface area contributed by atoms with Crippen LogP contribution in [-0.4, -0.2) is 18.7 Å². The van der Waals surface area contributed by atoms with Gasteiger partial charge in [0.2, 0.25) is 0 Å². The normalized spacial score (nSPS) is 34.8. The average molecular weight is 249 g/mol. The third-order valence-corrected chi connectivity index (χ3v) is 4.77. The molecule has 1 N–H and O–H groups in total. The van der Waals surface area contributed by atoms with Crippen LogP contribution < -0.4 is 5.32 Å². The van der Waals surface area contributed by atoms with Gasteiger partial charge in [0, 0.05) is 12.0 Å². The lowest BCUT2D eigenvalue weighted by Gasteiger charge is -2.23. The van der Waals surface area contributed by atoms with Crippen molar-refractivity contribution in [3.05, 3.63) is 12.2 Å². The SMILES string of the molecule is O=C(NC1CCCCC1)OCC1CC2C=CC1C2. The van der Waals surface area contributed by atoms with Gasteiger partial charge in [0.1, 0.15) is 0 Å². The molecule has 3 aliphatic carbocycles. The Labute approximate surface area is 109 Å². The van der Waals surface area contributed by atoms with Crippen molar-refractivity contribution >= 4 is 6.09 Å². The molecular formula is C15H23NO2. The van der Waals surface area contributed by atoms with Crippen molar-refractivity contribution in [2.75, 3.05) is 6.61 Å². The molecule has 100 valence electrons. The summed E-state index contributed by atoms with van der Waals surface area (Å²) in [5, 5.41) is 3.01. The van der Waals surface area contributed by atoms with Crippen molar-refractivity contribution in [2.24, 2.45) is 17.8 Å². The smallest absolute Gasteiger partial charge is 0.407 e. The van der Waals surface area contributed by atoms with E-state index in [0.717, 1.165) is 18.8 Å². The van der Waals surface area contributed by atoms with E-state index in [9.17, 15) is 4.79 Å². The first-order valence-corrected chi connectivity index (χ1v) is 7.43. The topological polar surface area (TPSA) is 38.3 Å². The van der Waals surface area contributed by atoms with Crippen LogP contribution in [0.25, 0.3) is 0 Å². The molecule has 0 aliphatic heterocycles. The molecular weight excluding hydrogens is 226 g/mol. The predicted molar refractivity (Wildman–Crippen MR) is 70.2 cm³/mol. The third kappa shape index (κ3) is 2.70. The quantitative estimate of drug-likeness (QED) is 0.780. The van der Waals surface area contributed by atoms with Gasteiger partial charge in [-0.1, -0.05) is 31.4 Å². The number of carbonyl (C=O) groups is 1. The van der Waals surface area contributed by atoms with Crippen LogP contribution in [0.4, 0.5) is 4.79 Å². The Balaban J connectivity index is 1.37. The lowest BCUT2D eigenvalue weighted by molar-refractivity contribution is 0.115. The second kappa shape index (κ2) is 5.33. The largest absolute Gasteiger partial charge is 0.449 e. The molecule has 0 heterocycles. The first kappa shape index (κ1) is 12.1. The van der Waals surface area contributed by atoms with Crippen molar-refractivity contribution in [1.82, 2.24) is 5.32 Å². The van der Waals surface area contributed by atoms with Gasteiger partial charge in [-0.15, -0.1) is 0 Å². The highest BCUT2D eigenvalue weighted by Crippen LogP contribution is 2.43. The molecule has 2 fully saturated rings. The summed E-state index contributed by atoms with van der Waals surface area (Å²) in [6.07, 6.45) is 12.9. The van der Waals surface area contributed by atoms with Gasteiger partial charge in [-0.05, 0) is 37.5 Å². The summed E-state index contributed by atoms with van der Waals surface area (Å²) in [5.74, 6) is 1.99. The van der Waals surface area contributed by atoms with Crippen molar-refractivity contribution in [3.8, 4) is 0 Å². The van der Waals surface area contributed by atoms with Crippen LogP contribution in [0, 0.1) is 17.8 Å². The van der Waals surface area contributed by atoms with Gasteiger partial charge in [-0.25, -0.2) is 4.79 Å². The number of ether oxygens (including phenoxy) is 1. The van der Waals surface area contributed by atoms with Gasteiger partial charge in [0.25, 0.3) is 0 Å². The molecule has 0 saturated heterocycles. The van der Waals surface area contributed by atoms with E-state index in [-0.39, 0.29) is 6.09 Å². The number of alkyl carbamates (subject to hydrolysis) is 1. The molecule has 0 aromatic rings. The van der Waals surface area contributed by atoms with E-state index in [0.29, 0.717) is 24.5 Å². The fraction of sp³-hybridized carbons (Fsp3) is 0.800. The predicted octanol–water partition coefficient (Wildman–Crippen LogP) is 3.26. The van der Waals surface area contributed by atoms with E-state index in [4.69, 9.17) is 4.74 Å². The molecule has 1 amide bonds. The Morgan fingerprint density at radius 3 is 2.67 bits per heavy atom. The van der Waals surface area contributed by atoms with E-state index in [1.807, 2.05) is 0 Å². The highest BCUT2D eigenvalue weighted by atomic mass is 16.5. The van der Waals surface area contributed by atoms with Crippen molar-refractivity contribution in [2.45, 2.75) is 51.0 Å². The zero-order chi connectivity index (χ0) is 12.4. The van der Waals surface area contributed by atoms with E-state index in [1.165, 1.54) is 32.1 Å². The fourth-order valence-electron chi connectivity index (χ4n) is 3.72. The Morgan fingerprint density at radius 2 is 2.00 bits per heavy atom. The molecule has 3 aliphatic rings. The van der Waals surface area contributed by atoms with Gasteiger partial charge in [0.15, 0.2) is 0 Å². The molecule has 2 saturated carbocycles. The maximum absolute atomic E-state index is 11.7. The highest BCUT2D eigenvalue weighted by molar-refractivity contribution is 5.67. The minimum Gasteiger partial charge on any atom is -0.449 e. The number of hydrogen-bond acceptors (Lipinski definition) is 2. The minimum absolute atomic E-state index is 0.200. The van der Waals surface area contributed by atoms with Gasteiger partial charge in [-0.2, -0.15) is 0 Å². The molecule has 2 bridgehead atoms. The second-order valence-corrected chi connectivity index (χ2v) is 6.12. The molecule has 0 spiro atoms. The van der Waals surface area contributed by atoms with Crippen LogP contribution >= 0.6 is 0 Å². The molecule has 18 heavy (non-hydrogen) atoms. The highest BCUT2D eigenvalue weighted by Gasteiger charge is 2.36. The van der Waals surface area contributed by atoms with Gasteiger partial charge >= 0.3 is 6.09 Å². The van der Waals surface area contributed by atoms with E-state index < -0.39 is 0 Å². The lowest BCUT2D eigenvalue weighted by atomic mass is 9.95. The first-order valence-electron chi connectivity index (χ1n) is 7.43. The number of amides is 1. The van der Waals surface area contributed by atoms with Crippen LogP contribution in [-0.2, 0) is 4.74 Å². The summed E-state index contributed by atoms with van der Waals surface area (Å²) >= 11 is 0. The molecule has 0 aromatic heterocycles. The minimum atomic E-state index is -0.200. The van der Waals surface area contributed by atoms with Crippen LogP contribution in [0.15, 0.2) is 12.2 Å². The molecule has 3 nitrogen and oxygen atoms in total. The zero-order valence-corrected chi connectivity index (χ0v) is 10.9. The number of rotatable bonds is 3. The number of carbonyl (C=O) groups excluding carboxylic acids is 1. The van der Waals surface area contributed by atoms with E-state index >= 15 is 0 Å². The van der Waals surface area contributed by atoms with Gasteiger partial charge < -0.3 is 10.1 Å². The van der Waals surface area contributed by atoms with Crippen molar-refractivity contribution in [3.63, 3.8) is 0 Å². The fourth-order valence-corrected chi connectivity index (χ4v) is 3.72. The van der Waals surface area contributed by atoms with E-state index in [2.05, 4.69) is 17.5 Å². The number of allylic oxidation sites excluding steroid dienone is 2. The van der Waals surface area contributed by atoms with E-state index in [1.54, 1.807) is 0 Å². The Kier molecular flexibility index (Phi) is 3.57.